The molecule has 1 atom stereocenters. The fraction of sp³-hybridized carbons (Fsp3) is 0.600. The molecule has 0 heterocycles. The van der Waals surface area contributed by atoms with Gasteiger partial charge in [-0.25, -0.2) is 0 Å². The van der Waals surface area contributed by atoms with E-state index in [1.54, 1.807) is 0 Å². The van der Waals surface area contributed by atoms with Gasteiger partial charge in [0.2, 0.25) is 0 Å². The molecule has 0 amide bonds. The van der Waals surface area contributed by atoms with Crippen molar-refractivity contribution in [3.8, 4) is 0 Å². The Morgan fingerprint density at radius 2 is 2.00 bits per heavy atom. The van der Waals surface area contributed by atoms with Crippen LogP contribution in [0.5, 0.6) is 0 Å². The molecule has 98 valence electrons. The first-order valence-corrected chi connectivity index (χ1v) is 7.55. The monoisotopic (exact) mass is 283 g/mol. The fourth-order valence-corrected chi connectivity index (χ4v) is 3.15. The minimum absolute atomic E-state index is 0.344. The van der Waals surface area contributed by atoms with E-state index < -0.39 is 0 Å². The fourth-order valence-electron chi connectivity index (χ4n) is 2.84. The number of hydrogen-bond donors (Lipinski definition) is 1. The Balaban J connectivity index is 1.60. The predicted molar refractivity (Wildman–Crippen MR) is 77.3 cm³/mol. The summed E-state index contributed by atoms with van der Waals surface area (Å²) in [5, 5.41) is 4.94. The van der Waals surface area contributed by atoms with Crippen LogP contribution in [0, 0.1) is 11.3 Å². The Hall–Kier alpha value is -0.240. The van der Waals surface area contributed by atoms with Gasteiger partial charge in [0.1, 0.15) is 0 Å². The molecule has 2 aliphatic rings. The van der Waals surface area contributed by atoms with Crippen LogP contribution in [0.3, 0.4) is 0 Å². The van der Waals surface area contributed by atoms with Crippen molar-refractivity contribution in [3.05, 3.63) is 33.8 Å². The van der Waals surface area contributed by atoms with Gasteiger partial charge in [0.05, 0.1) is 10.0 Å². The van der Waals surface area contributed by atoms with Gasteiger partial charge in [-0.2, -0.15) is 0 Å². The highest BCUT2D eigenvalue weighted by Gasteiger charge is 2.53. The zero-order valence-corrected chi connectivity index (χ0v) is 12.2. The van der Waals surface area contributed by atoms with Gasteiger partial charge in [-0.1, -0.05) is 29.3 Å². The number of benzene rings is 1. The highest BCUT2D eigenvalue weighted by Crippen LogP contribution is 2.60. The molecular weight excluding hydrogens is 265 g/mol. The van der Waals surface area contributed by atoms with Crippen molar-refractivity contribution in [2.75, 3.05) is 6.54 Å². The van der Waals surface area contributed by atoms with Gasteiger partial charge in [0.25, 0.3) is 0 Å². The van der Waals surface area contributed by atoms with Crippen LogP contribution in [0.4, 0.5) is 0 Å². The summed E-state index contributed by atoms with van der Waals surface area (Å²) in [6.45, 7) is 3.35. The minimum atomic E-state index is 0.344. The molecule has 2 saturated carbocycles. The summed E-state index contributed by atoms with van der Waals surface area (Å²) in [6.07, 6.45) is 5.73. The van der Waals surface area contributed by atoms with Crippen molar-refractivity contribution in [2.24, 2.45) is 11.3 Å². The number of hydrogen-bond acceptors (Lipinski definition) is 1. The Bertz CT molecular complexity index is 450. The molecule has 0 aliphatic heterocycles. The Labute approximate surface area is 119 Å². The quantitative estimate of drug-likeness (QED) is 0.816. The summed E-state index contributed by atoms with van der Waals surface area (Å²) < 4.78 is 0. The van der Waals surface area contributed by atoms with Crippen molar-refractivity contribution in [1.29, 1.82) is 0 Å². The zero-order valence-electron chi connectivity index (χ0n) is 10.7. The van der Waals surface area contributed by atoms with Crippen LogP contribution in [-0.4, -0.2) is 6.54 Å². The topological polar surface area (TPSA) is 12.0 Å². The first-order chi connectivity index (χ1) is 8.61. The minimum Gasteiger partial charge on any atom is -0.310 e. The second kappa shape index (κ2) is 4.70. The molecule has 1 nitrogen and oxygen atoms in total. The smallest absolute Gasteiger partial charge is 0.0595 e. The maximum Gasteiger partial charge on any atom is 0.0595 e. The van der Waals surface area contributed by atoms with Crippen molar-refractivity contribution < 1.29 is 0 Å². The Morgan fingerprint density at radius 1 is 1.28 bits per heavy atom. The molecule has 3 rings (SSSR count). The Morgan fingerprint density at radius 3 is 2.56 bits per heavy atom. The molecule has 0 aromatic heterocycles. The zero-order chi connectivity index (χ0) is 12.8. The van der Waals surface area contributed by atoms with Crippen molar-refractivity contribution in [3.63, 3.8) is 0 Å². The lowest BCUT2D eigenvalue weighted by Gasteiger charge is -2.20. The maximum absolute atomic E-state index is 6.06. The first-order valence-electron chi connectivity index (χ1n) is 6.79. The predicted octanol–water partition coefficient (Wildman–Crippen LogP) is 4.83. The van der Waals surface area contributed by atoms with Gasteiger partial charge in [0.15, 0.2) is 0 Å². The van der Waals surface area contributed by atoms with Crippen LogP contribution < -0.4 is 5.32 Å². The first kappa shape index (κ1) is 12.8. The highest BCUT2D eigenvalue weighted by molar-refractivity contribution is 6.42. The molecule has 2 fully saturated rings. The van der Waals surface area contributed by atoms with E-state index in [0.717, 1.165) is 12.5 Å². The largest absolute Gasteiger partial charge is 0.310 e. The van der Waals surface area contributed by atoms with E-state index in [1.807, 2.05) is 12.1 Å². The van der Waals surface area contributed by atoms with Crippen LogP contribution in [0.1, 0.15) is 44.2 Å². The third kappa shape index (κ3) is 2.54. The summed E-state index contributed by atoms with van der Waals surface area (Å²) in [6, 6.07) is 6.25. The summed E-state index contributed by atoms with van der Waals surface area (Å²) in [5.74, 6) is 1.01. The van der Waals surface area contributed by atoms with Gasteiger partial charge in [-0.3, -0.25) is 0 Å². The van der Waals surface area contributed by atoms with E-state index in [-0.39, 0.29) is 0 Å². The third-order valence-electron chi connectivity index (χ3n) is 4.54. The lowest BCUT2D eigenvalue weighted by atomic mass is 9.99. The van der Waals surface area contributed by atoms with Crippen LogP contribution in [0.15, 0.2) is 18.2 Å². The van der Waals surface area contributed by atoms with Gasteiger partial charge in [0, 0.05) is 12.6 Å². The molecule has 1 N–H and O–H groups in total. The normalized spacial score (nSPS) is 22.8. The molecule has 18 heavy (non-hydrogen) atoms. The van der Waals surface area contributed by atoms with Crippen LogP contribution in [0.25, 0.3) is 0 Å². The molecule has 0 radical (unpaired) electrons. The van der Waals surface area contributed by atoms with Gasteiger partial charge in [-0.05, 0) is 61.6 Å². The average Bonchev–Trinajstić information content (AvgIpc) is 3.22. The highest BCUT2D eigenvalue weighted by atomic mass is 35.5. The summed E-state index contributed by atoms with van der Waals surface area (Å²) in [4.78, 5) is 0. The van der Waals surface area contributed by atoms with Gasteiger partial charge in [-0.15, -0.1) is 0 Å². The number of halogens is 2. The van der Waals surface area contributed by atoms with Crippen LogP contribution in [-0.2, 0) is 0 Å². The number of nitrogens with one attached hydrogen (secondary N) is 1. The Kier molecular flexibility index (Phi) is 3.34. The van der Waals surface area contributed by atoms with Gasteiger partial charge < -0.3 is 5.32 Å². The standard InChI is InChI=1S/C15H19Cl2N/c1-10(11-2-5-13(16)14(17)8-11)18-9-15(6-7-15)12-3-4-12/h2,5,8,10,12,18H,3-4,6-7,9H2,1H3. The molecule has 1 aromatic carbocycles. The van der Waals surface area contributed by atoms with E-state index in [2.05, 4.69) is 18.3 Å². The van der Waals surface area contributed by atoms with Crippen LogP contribution in [0.2, 0.25) is 10.0 Å². The second-order valence-corrected chi connectivity index (χ2v) is 6.73. The number of rotatable bonds is 5. The van der Waals surface area contributed by atoms with E-state index in [4.69, 9.17) is 23.2 Å². The molecule has 0 bridgehead atoms. The summed E-state index contributed by atoms with van der Waals surface area (Å²) in [7, 11) is 0. The van der Waals surface area contributed by atoms with Crippen molar-refractivity contribution in [2.45, 2.75) is 38.6 Å². The lowest BCUT2D eigenvalue weighted by molar-refractivity contribution is 0.382. The van der Waals surface area contributed by atoms with Gasteiger partial charge >= 0.3 is 0 Å². The SMILES string of the molecule is CC(NCC1(C2CC2)CC1)c1ccc(Cl)c(Cl)c1. The molecule has 0 spiro atoms. The van der Waals surface area contributed by atoms with E-state index in [1.165, 1.54) is 31.2 Å². The van der Waals surface area contributed by atoms with E-state index in [9.17, 15) is 0 Å². The van der Waals surface area contributed by atoms with E-state index in [0.29, 0.717) is 21.5 Å². The molecule has 1 aromatic rings. The third-order valence-corrected chi connectivity index (χ3v) is 5.28. The summed E-state index contributed by atoms with van der Waals surface area (Å²) in [5.41, 5.74) is 1.86. The lowest BCUT2D eigenvalue weighted by Crippen LogP contribution is -2.28. The maximum atomic E-state index is 6.06. The van der Waals surface area contributed by atoms with Crippen molar-refractivity contribution >= 4 is 23.2 Å². The molecule has 0 saturated heterocycles. The molecule has 1 unspecified atom stereocenters. The van der Waals surface area contributed by atoms with Crippen molar-refractivity contribution in [1.82, 2.24) is 5.32 Å². The average molecular weight is 284 g/mol. The molecule has 3 heteroatoms. The summed E-state index contributed by atoms with van der Waals surface area (Å²) >= 11 is 12.0. The van der Waals surface area contributed by atoms with E-state index >= 15 is 0 Å². The van der Waals surface area contributed by atoms with Crippen LogP contribution >= 0.6 is 23.2 Å². The molecular formula is C15H19Cl2N. The second-order valence-electron chi connectivity index (χ2n) is 5.91. The molecule has 2 aliphatic carbocycles.